The van der Waals surface area contributed by atoms with Crippen molar-refractivity contribution in [2.24, 2.45) is 5.92 Å². The highest BCUT2D eigenvalue weighted by Gasteiger charge is 2.60. The fraction of sp³-hybridized carbons (Fsp3) is 0.174. The fourth-order valence-electron chi connectivity index (χ4n) is 4.14. The Hall–Kier alpha value is -3.72. The molecule has 0 N–H and O–H groups in total. The van der Waals surface area contributed by atoms with Gasteiger partial charge in [-0.15, -0.1) is 0 Å². The van der Waals surface area contributed by atoms with Crippen LogP contribution in [0.4, 0.5) is 24.5 Å². The van der Waals surface area contributed by atoms with E-state index in [0.29, 0.717) is 11.4 Å². The number of carbonyl (C=O) groups is 2. The molecule has 2 aromatic carbocycles. The maximum atomic E-state index is 13.4. The number of hydrogen-bond donors (Lipinski definition) is 0. The molecule has 5 rings (SSSR count). The van der Waals surface area contributed by atoms with Crippen LogP contribution >= 0.6 is 0 Å². The predicted octanol–water partition coefficient (Wildman–Crippen LogP) is 4.15. The molecule has 0 aliphatic carbocycles. The van der Waals surface area contributed by atoms with Crippen LogP contribution in [0.25, 0.3) is 0 Å². The number of benzene rings is 2. The minimum absolute atomic E-state index is 0.140. The molecule has 1 aromatic heterocycles. The number of carbonyl (C=O) groups excluding carboxylic acids is 2. The normalized spacial score (nSPS) is 23.0. The number of hydrogen-bond acceptors (Lipinski definition) is 5. The van der Waals surface area contributed by atoms with Crippen LogP contribution in [0.15, 0.2) is 79.0 Å². The molecule has 162 valence electrons. The van der Waals surface area contributed by atoms with Crippen LogP contribution in [0.5, 0.6) is 0 Å². The lowest BCUT2D eigenvalue weighted by Crippen LogP contribution is -2.37. The van der Waals surface area contributed by atoms with Crippen molar-refractivity contribution in [3.63, 3.8) is 0 Å². The molecule has 2 fully saturated rings. The van der Waals surface area contributed by atoms with E-state index in [1.807, 2.05) is 6.07 Å². The molecule has 3 aromatic rings. The quantitative estimate of drug-likeness (QED) is 0.574. The van der Waals surface area contributed by atoms with Gasteiger partial charge in [0.2, 0.25) is 5.91 Å². The summed E-state index contributed by atoms with van der Waals surface area (Å²) in [6.07, 6.45) is -4.21. The van der Waals surface area contributed by atoms with Crippen LogP contribution in [0.1, 0.15) is 17.3 Å². The summed E-state index contributed by atoms with van der Waals surface area (Å²) >= 11 is 0. The van der Waals surface area contributed by atoms with Gasteiger partial charge in [0.15, 0.2) is 6.10 Å². The van der Waals surface area contributed by atoms with Crippen molar-refractivity contribution in [2.45, 2.75) is 18.3 Å². The second-order valence-electron chi connectivity index (χ2n) is 7.47. The summed E-state index contributed by atoms with van der Waals surface area (Å²) in [5, 5.41) is 1.48. The molecule has 0 unspecified atom stereocenters. The highest BCUT2D eigenvalue weighted by Crippen LogP contribution is 2.47. The van der Waals surface area contributed by atoms with Crippen molar-refractivity contribution in [3.8, 4) is 0 Å². The second kappa shape index (κ2) is 7.45. The van der Waals surface area contributed by atoms with E-state index in [4.69, 9.17) is 4.84 Å². The van der Waals surface area contributed by atoms with Crippen molar-refractivity contribution < 1.29 is 27.6 Å². The molecule has 2 amide bonds. The second-order valence-corrected chi connectivity index (χ2v) is 7.47. The molecule has 2 saturated heterocycles. The third kappa shape index (κ3) is 3.21. The number of anilines is 2. The largest absolute Gasteiger partial charge is 0.416 e. The Labute approximate surface area is 180 Å². The SMILES string of the molecule is O=C1[C@@H]2[C@@H](ON(c3ccccc3)[C@H]2c2ccccn2)C(=O)N1c1cccc(C(F)(F)F)c1. The first kappa shape index (κ1) is 20.2. The average molecular weight is 439 g/mol. The van der Waals surface area contributed by atoms with E-state index >= 15 is 0 Å². The van der Waals surface area contributed by atoms with E-state index in [-0.39, 0.29) is 5.69 Å². The number of para-hydroxylation sites is 1. The summed E-state index contributed by atoms with van der Waals surface area (Å²) in [6, 6.07) is 17.6. The molecule has 2 aliphatic heterocycles. The number of rotatable bonds is 3. The molecular formula is C23H16F3N3O3. The lowest BCUT2D eigenvalue weighted by Gasteiger charge is -2.28. The maximum Gasteiger partial charge on any atom is 0.416 e. The van der Waals surface area contributed by atoms with Gasteiger partial charge < -0.3 is 0 Å². The van der Waals surface area contributed by atoms with Crippen LogP contribution < -0.4 is 9.96 Å². The summed E-state index contributed by atoms with van der Waals surface area (Å²) in [4.78, 5) is 37.6. The fourth-order valence-corrected chi connectivity index (χ4v) is 4.14. The number of nitrogens with zero attached hydrogens (tertiary/aromatic N) is 3. The van der Waals surface area contributed by atoms with Crippen molar-refractivity contribution in [1.82, 2.24) is 4.98 Å². The number of pyridine rings is 1. The molecule has 0 radical (unpaired) electrons. The van der Waals surface area contributed by atoms with Crippen LogP contribution in [0, 0.1) is 5.92 Å². The number of aromatic nitrogens is 1. The molecule has 6 nitrogen and oxygen atoms in total. The number of amides is 2. The van der Waals surface area contributed by atoms with Crippen LogP contribution in [-0.2, 0) is 20.6 Å². The third-order valence-corrected chi connectivity index (χ3v) is 5.55. The Kier molecular flexibility index (Phi) is 4.70. The number of alkyl halides is 3. The molecule has 0 spiro atoms. The minimum Gasteiger partial charge on any atom is -0.273 e. The standard InChI is InChI=1S/C23H16F3N3O3/c24-23(25,26)14-7-6-10-16(13-14)28-21(30)18-19(17-11-4-5-12-27-17)29(32-20(18)22(28)31)15-8-2-1-3-9-15/h1-13,18-20H/t18-,19-,20+/m0/s1. The summed E-state index contributed by atoms with van der Waals surface area (Å²) in [5.41, 5.74) is 0.0549. The van der Waals surface area contributed by atoms with Crippen molar-refractivity contribution in [3.05, 3.63) is 90.3 Å². The molecule has 3 heterocycles. The van der Waals surface area contributed by atoms with Gasteiger partial charge >= 0.3 is 6.18 Å². The zero-order valence-corrected chi connectivity index (χ0v) is 16.4. The first-order valence-electron chi connectivity index (χ1n) is 9.83. The van der Waals surface area contributed by atoms with Crippen molar-refractivity contribution in [2.75, 3.05) is 9.96 Å². The molecule has 32 heavy (non-hydrogen) atoms. The summed E-state index contributed by atoms with van der Waals surface area (Å²) in [7, 11) is 0. The molecule has 0 bridgehead atoms. The Morgan fingerprint density at radius 3 is 2.25 bits per heavy atom. The molecule has 3 atom stereocenters. The third-order valence-electron chi connectivity index (χ3n) is 5.55. The molecule has 0 saturated carbocycles. The van der Waals surface area contributed by atoms with E-state index in [1.165, 1.54) is 17.2 Å². The molecule has 2 aliphatic rings. The average Bonchev–Trinajstić information content (AvgIpc) is 3.30. The van der Waals surface area contributed by atoms with Crippen LogP contribution in [-0.4, -0.2) is 22.9 Å². The van der Waals surface area contributed by atoms with E-state index in [0.717, 1.165) is 17.0 Å². The van der Waals surface area contributed by atoms with Gasteiger partial charge in [0, 0.05) is 6.20 Å². The van der Waals surface area contributed by atoms with E-state index < -0.39 is 41.6 Å². The summed E-state index contributed by atoms with van der Waals surface area (Å²) in [6.45, 7) is 0. The highest BCUT2D eigenvalue weighted by atomic mass is 19.4. The Balaban J connectivity index is 1.56. The molecule has 9 heteroatoms. The van der Waals surface area contributed by atoms with E-state index in [9.17, 15) is 22.8 Å². The summed E-state index contributed by atoms with van der Waals surface area (Å²) < 4.78 is 39.5. The zero-order valence-electron chi connectivity index (χ0n) is 16.4. The predicted molar refractivity (Wildman–Crippen MR) is 108 cm³/mol. The van der Waals surface area contributed by atoms with Crippen molar-refractivity contribution in [1.29, 1.82) is 0 Å². The van der Waals surface area contributed by atoms with E-state index in [2.05, 4.69) is 4.98 Å². The minimum atomic E-state index is -4.60. The first-order valence-corrected chi connectivity index (χ1v) is 9.83. The van der Waals surface area contributed by atoms with Crippen molar-refractivity contribution >= 4 is 23.2 Å². The lowest BCUT2D eigenvalue weighted by molar-refractivity contribution is -0.137. The van der Waals surface area contributed by atoms with Gasteiger partial charge in [-0.3, -0.25) is 19.4 Å². The first-order chi connectivity index (χ1) is 15.4. The van der Waals surface area contributed by atoms with Gasteiger partial charge in [0.25, 0.3) is 5.91 Å². The number of fused-ring (bicyclic) bond motifs is 1. The van der Waals surface area contributed by atoms with Crippen LogP contribution in [0.2, 0.25) is 0 Å². The lowest BCUT2D eigenvalue weighted by atomic mass is 9.93. The van der Waals surface area contributed by atoms with Gasteiger partial charge in [0.1, 0.15) is 12.0 Å². The Bertz CT molecular complexity index is 1170. The van der Waals surface area contributed by atoms with Gasteiger partial charge in [-0.1, -0.05) is 30.3 Å². The topological polar surface area (TPSA) is 62.7 Å². The van der Waals surface area contributed by atoms with Gasteiger partial charge in [-0.2, -0.15) is 13.2 Å². The number of hydroxylamine groups is 1. The maximum absolute atomic E-state index is 13.4. The van der Waals surface area contributed by atoms with Gasteiger partial charge in [-0.25, -0.2) is 9.96 Å². The number of halogens is 3. The summed E-state index contributed by atoms with van der Waals surface area (Å²) in [5.74, 6) is -2.31. The van der Waals surface area contributed by atoms with Gasteiger partial charge in [0.05, 0.1) is 22.6 Å². The highest BCUT2D eigenvalue weighted by molar-refractivity contribution is 6.23. The Morgan fingerprint density at radius 2 is 1.56 bits per heavy atom. The smallest absolute Gasteiger partial charge is 0.273 e. The van der Waals surface area contributed by atoms with Gasteiger partial charge in [-0.05, 0) is 42.5 Å². The Morgan fingerprint density at radius 1 is 0.844 bits per heavy atom. The number of imide groups is 1. The van der Waals surface area contributed by atoms with Crippen LogP contribution in [0.3, 0.4) is 0 Å². The monoisotopic (exact) mass is 439 g/mol. The molecular weight excluding hydrogens is 423 g/mol. The van der Waals surface area contributed by atoms with E-state index in [1.54, 1.807) is 48.7 Å². The zero-order chi connectivity index (χ0) is 22.5.